The van der Waals surface area contributed by atoms with Gasteiger partial charge in [-0.25, -0.2) is 47.3 Å². The van der Waals surface area contributed by atoms with Crippen molar-refractivity contribution in [1.82, 2.24) is 51.6 Å². The van der Waals surface area contributed by atoms with Crippen molar-refractivity contribution in [3.05, 3.63) is 196 Å². The number of benzene rings is 6. The summed E-state index contributed by atoms with van der Waals surface area (Å²) in [6.45, 7) is 23.4. The number of hydrogen-bond donors (Lipinski definition) is 9. The third kappa shape index (κ3) is 34.8. The van der Waals surface area contributed by atoms with Gasteiger partial charge in [-0.1, -0.05) is 154 Å². The summed E-state index contributed by atoms with van der Waals surface area (Å²) >= 11 is 7.01. The molecule has 0 aliphatic carbocycles. The first kappa shape index (κ1) is 112. The van der Waals surface area contributed by atoms with E-state index in [4.69, 9.17) is 9.68 Å². The highest BCUT2D eigenvalue weighted by Gasteiger charge is 2.47. The van der Waals surface area contributed by atoms with Crippen LogP contribution in [0.4, 0.5) is 49.1 Å². The van der Waals surface area contributed by atoms with Crippen molar-refractivity contribution in [2.75, 3.05) is 70.2 Å². The number of hydrogen-bond acceptors (Lipinski definition) is 20. The minimum Gasteiger partial charge on any atom is -0.391 e. The van der Waals surface area contributed by atoms with Crippen LogP contribution in [-0.4, -0.2) is 166 Å². The van der Waals surface area contributed by atoms with Gasteiger partial charge in [-0.05, 0) is 251 Å². The van der Waals surface area contributed by atoms with Crippen LogP contribution in [-0.2, 0) is 38.4 Å². The summed E-state index contributed by atoms with van der Waals surface area (Å²) in [5, 5.41) is 35.8. The number of hydroxylamine groups is 2. The van der Waals surface area contributed by atoms with E-state index in [0.29, 0.717) is 32.8 Å². The van der Waals surface area contributed by atoms with Crippen LogP contribution >= 0.6 is 67.9 Å². The molecular weight excluding hydrogens is 2030 g/mol. The standard InChI is InChI=1S/C52H68F3IN6O6S.C51H66F3IN6O6S/c1-33(35-17-19-36(20-18-35)48-34(2)57-32-69-48)58-50(66)45-30-39(64)31-62(45)51(67)41(52(3,4)5)29-38(63)16-12-10-8-7-9-11-13-25-61(6)26-14-15-27-68-60-49(65)40-22-23-42(53)46(55)47(40)59-44-24-21-37(56)28-43(44)54;1-32(34-16-18-35(19-17-34)47-33(2)57-31-68-47)58-49(65)44-29-38(63)30-61(44)50(66)40(51(3,4)5)28-37(62)15-11-9-7-6-8-10-12-24-56-25-13-14-26-67-60-48(64)39-21-22-41(52)45(54)46(39)59-43-23-20-36(55)27-42(43)53/h17-24,28,32-33,39,41,45,59,64H,7-16,25-27,29-31H2,1-6H3,(H,58,66)(H,60,65);16-23,27,31-32,38,40,44,56,59,63H,6-15,24-26,28-30H2,1-5H3,(H,58,65)(H,60,64)/t33-,39+,41+,45-;32-,38+,40+,44-/m00/s1. The smallest absolute Gasteiger partial charge is 0.277 e. The van der Waals surface area contributed by atoms with Gasteiger partial charge < -0.3 is 51.5 Å². The highest BCUT2D eigenvalue weighted by atomic mass is 127. The molecular formula is C103H134F6I2N12O12S2. The third-order valence-corrected chi connectivity index (χ3v) is 28.2. The molecule has 9 N–H and O–H groups in total. The molecule has 0 bridgehead atoms. The lowest BCUT2D eigenvalue weighted by Gasteiger charge is -2.35. The number of nitrogens with zero attached hydrogens (tertiary/aromatic N) is 5. The minimum absolute atomic E-state index is 0.0352. The Labute approximate surface area is 836 Å². The number of nitrogens with one attached hydrogen (secondary N) is 7. The number of halogens is 8. The molecule has 137 heavy (non-hydrogen) atoms. The number of anilines is 4. The van der Waals surface area contributed by atoms with Crippen molar-refractivity contribution in [2.24, 2.45) is 22.7 Å². The predicted molar refractivity (Wildman–Crippen MR) is 542 cm³/mol. The number of ketones is 2. The molecule has 10 rings (SSSR count). The Morgan fingerprint density at radius 1 is 0.482 bits per heavy atom. The van der Waals surface area contributed by atoms with Gasteiger partial charge in [0.05, 0.1) is 104 Å². The number of Topliss-reactive ketones (excluding diaryl/α,β-unsaturated/α-hetero) is 2. The number of aromatic nitrogens is 2. The highest BCUT2D eigenvalue weighted by Crippen LogP contribution is 2.39. The Morgan fingerprint density at radius 3 is 1.21 bits per heavy atom. The molecule has 24 nitrogen and oxygen atoms in total. The molecule has 8 aromatic rings. The molecule has 2 aliphatic rings. The number of likely N-dealkylation sites (tertiary alicyclic amines) is 2. The van der Waals surface area contributed by atoms with E-state index in [2.05, 4.69) is 59.5 Å². The third-order valence-electron chi connectivity index (χ3n) is 24.9. The molecule has 2 fully saturated rings. The van der Waals surface area contributed by atoms with E-state index >= 15 is 0 Å². The van der Waals surface area contributed by atoms with Crippen molar-refractivity contribution in [1.29, 1.82) is 0 Å². The van der Waals surface area contributed by atoms with Crippen molar-refractivity contribution >= 4 is 138 Å². The van der Waals surface area contributed by atoms with Gasteiger partial charge in [-0.2, -0.15) is 0 Å². The van der Waals surface area contributed by atoms with Gasteiger partial charge in [0.25, 0.3) is 11.8 Å². The second-order valence-electron chi connectivity index (χ2n) is 37.9. The van der Waals surface area contributed by atoms with Crippen LogP contribution in [0.25, 0.3) is 20.9 Å². The number of β-amino-alcohol motifs (C(OH)–C–C–N with tert-alkyl or cyclic N) is 2. The average Bonchev–Trinajstić information content (AvgIpc) is 1.78. The number of amides is 6. The van der Waals surface area contributed by atoms with Crippen molar-refractivity contribution in [2.45, 2.75) is 260 Å². The lowest BCUT2D eigenvalue weighted by Crippen LogP contribution is -2.50. The molecule has 0 saturated carbocycles. The number of thiazole rings is 2. The zero-order valence-corrected chi connectivity index (χ0v) is 86.3. The summed E-state index contributed by atoms with van der Waals surface area (Å²) in [7, 11) is 2.06. The summed E-state index contributed by atoms with van der Waals surface area (Å²) in [6, 6.07) is 25.9. The first-order chi connectivity index (χ1) is 65.3. The molecule has 34 heteroatoms. The van der Waals surface area contributed by atoms with E-state index in [1.165, 1.54) is 34.1 Å². The van der Waals surface area contributed by atoms with Gasteiger partial charge in [0.2, 0.25) is 23.6 Å². The SMILES string of the molecule is Cc1ncsc1-c1ccc([C@H](C)NC(=O)[C@@H]2C[C@@H](O)CN2C(=O)[C@@H](CC(=O)CCCCCCCCCN(C)CCCCONC(=O)c2ccc(F)c(F)c2Nc2ccc(I)cc2F)C(C)(C)C)cc1.Cc1ncsc1-c1ccc([C@H](C)NC(=O)[C@@H]2C[C@@H](O)CN2C(=O)[C@@H](CC(=O)CCCCCCCCCNCCCCONC(=O)c2ccc(F)c(F)c2Nc2ccc(I)cc2F)C(C)(C)C)cc1. The summed E-state index contributed by atoms with van der Waals surface area (Å²) in [5.74, 6) is -10.3. The van der Waals surface area contributed by atoms with E-state index < -0.39 is 105 Å². The molecule has 2 aliphatic heterocycles. The molecule has 2 saturated heterocycles. The average molecular weight is 2160 g/mol. The van der Waals surface area contributed by atoms with Crippen LogP contribution in [0, 0.1) is 78.6 Å². The maximum atomic E-state index is 14.7. The van der Waals surface area contributed by atoms with Crippen LogP contribution < -0.4 is 37.5 Å². The fourth-order valence-electron chi connectivity index (χ4n) is 16.8. The number of rotatable bonds is 52. The first-order valence-electron chi connectivity index (χ1n) is 47.5. The maximum Gasteiger partial charge on any atom is 0.277 e. The zero-order valence-electron chi connectivity index (χ0n) is 80.3. The topological polar surface area (TPSA) is 315 Å². The van der Waals surface area contributed by atoms with Crippen LogP contribution in [0.1, 0.15) is 265 Å². The van der Waals surface area contributed by atoms with E-state index in [9.17, 15) is 74.9 Å². The monoisotopic (exact) mass is 2160 g/mol. The van der Waals surface area contributed by atoms with Gasteiger partial charge in [0, 0.05) is 70.6 Å². The second kappa shape index (κ2) is 55.4. The van der Waals surface area contributed by atoms with Crippen molar-refractivity contribution in [3.8, 4) is 20.9 Å². The zero-order chi connectivity index (χ0) is 99.6. The van der Waals surface area contributed by atoms with E-state index in [0.717, 1.165) is 197 Å². The summed E-state index contributed by atoms with van der Waals surface area (Å²) in [5.41, 5.74) is 11.4. The number of aryl methyl sites for hydroxylation is 2. The number of aliphatic hydroxyl groups is 2. The normalized spacial score (nSPS) is 15.8. The minimum atomic E-state index is -1.31. The molecule has 8 atom stereocenters. The van der Waals surface area contributed by atoms with Gasteiger partial charge in [0.1, 0.15) is 35.3 Å². The molecule has 6 aromatic carbocycles. The fraction of sp³-hybridized carbons (Fsp3) is 0.515. The molecule has 4 heterocycles. The fourth-order valence-corrected chi connectivity index (χ4v) is 19.3. The Kier molecular flexibility index (Phi) is 45.2. The van der Waals surface area contributed by atoms with Crippen LogP contribution in [0.5, 0.6) is 0 Å². The van der Waals surface area contributed by atoms with Gasteiger partial charge in [-0.3, -0.25) is 48.0 Å². The summed E-state index contributed by atoms with van der Waals surface area (Å²) in [6.07, 6.45) is 16.6. The van der Waals surface area contributed by atoms with Crippen LogP contribution in [0.3, 0.4) is 0 Å². The predicted octanol–water partition coefficient (Wildman–Crippen LogP) is 21.3. The molecule has 0 radical (unpaired) electrons. The first-order valence-corrected chi connectivity index (χ1v) is 51.5. The van der Waals surface area contributed by atoms with Crippen LogP contribution in [0.2, 0.25) is 0 Å². The van der Waals surface area contributed by atoms with Gasteiger partial charge in [-0.15, -0.1) is 22.7 Å². The van der Waals surface area contributed by atoms with Crippen molar-refractivity contribution < 1.29 is 84.6 Å². The van der Waals surface area contributed by atoms with Gasteiger partial charge >= 0.3 is 0 Å². The molecule has 0 unspecified atom stereocenters. The van der Waals surface area contributed by atoms with Crippen LogP contribution in [0.15, 0.2) is 120 Å². The number of aliphatic hydroxyl groups excluding tert-OH is 2. The van der Waals surface area contributed by atoms with Gasteiger partial charge in [0.15, 0.2) is 23.3 Å². The highest BCUT2D eigenvalue weighted by molar-refractivity contribution is 14.1. The Balaban J connectivity index is 0.000000307. The molecule has 2 aromatic heterocycles. The molecule has 746 valence electrons. The Bertz CT molecular complexity index is 5300. The number of carbonyl (C=O) groups excluding carboxylic acids is 8. The lowest BCUT2D eigenvalue weighted by atomic mass is 9.76. The van der Waals surface area contributed by atoms with E-state index in [1.807, 2.05) is 174 Å². The summed E-state index contributed by atoms with van der Waals surface area (Å²) in [4.78, 5) is 134. The largest absolute Gasteiger partial charge is 0.391 e. The number of carbonyl (C=O) groups is 8. The molecule has 6 amide bonds. The van der Waals surface area contributed by atoms with E-state index in [-0.39, 0.29) is 122 Å². The lowest BCUT2D eigenvalue weighted by molar-refractivity contribution is -0.146. The number of unbranched alkanes of at least 4 members (excludes halogenated alkanes) is 14. The van der Waals surface area contributed by atoms with Crippen molar-refractivity contribution in [3.63, 3.8) is 0 Å². The quantitative estimate of drug-likeness (QED) is 0.00740. The van der Waals surface area contributed by atoms with E-state index in [1.54, 1.807) is 34.8 Å². The Morgan fingerprint density at radius 2 is 0.839 bits per heavy atom. The summed E-state index contributed by atoms with van der Waals surface area (Å²) < 4.78 is 87.4. The molecule has 0 spiro atoms. The Hall–Kier alpha value is -8.86. The second-order valence-corrected chi connectivity index (χ2v) is 42.1. The maximum absolute atomic E-state index is 14.7.